The van der Waals surface area contributed by atoms with Crippen molar-refractivity contribution in [3.8, 4) is 11.5 Å². The van der Waals surface area contributed by atoms with Crippen molar-refractivity contribution in [2.24, 2.45) is 5.92 Å². The number of amides is 2. The summed E-state index contributed by atoms with van der Waals surface area (Å²) in [5.74, 6) is 1.36. The van der Waals surface area contributed by atoms with Crippen molar-refractivity contribution in [2.75, 3.05) is 32.6 Å². The van der Waals surface area contributed by atoms with Crippen LogP contribution in [0.2, 0.25) is 0 Å². The summed E-state index contributed by atoms with van der Waals surface area (Å²) >= 11 is 0. The van der Waals surface area contributed by atoms with E-state index in [4.69, 9.17) is 9.47 Å². The highest BCUT2D eigenvalue weighted by Gasteiger charge is 2.26. The molecule has 0 saturated heterocycles. The van der Waals surface area contributed by atoms with Gasteiger partial charge in [0.1, 0.15) is 18.1 Å². The summed E-state index contributed by atoms with van der Waals surface area (Å²) in [5.41, 5.74) is 2.00. The Hall–Kier alpha value is -3.02. The fourth-order valence-electron chi connectivity index (χ4n) is 3.23. The van der Waals surface area contributed by atoms with Gasteiger partial charge in [-0.2, -0.15) is 0 Å². The van der Waals surface area contributed by atoms with Crippen LogP contribution in [0.1, 0.15) is 18.4 Å². The highest BCUT2D eigenvalue weighted by Crippen LogP contribution is 2.27. The first kappa shape index (κ1) is 19.7. The maximum atomic E-state index is 12.4. The average molecular weight is 382 g/mol. The van der Waals surface area contributed by atoms with Crippen LogP contribution >= 0.6 is 0 Å². The number of para-hydroxylation sites is 1. The van der Waals surface area contributed by atoms with Crippen LogP contribution in [0.25, 0.3) is 0 Å². The number of ether oxygens (including phenoxy) is 2. The molecule has 0 aromatic heterocycles. The van der Waals surface area contributed by atoms with Gasteiger partial charge < -0.3 is 19.7 Å². The molecule has 0 saturated carbocycles. The van der Waals surface area contributed by atoms with Crippen molar-refractivity contribution in [1.29, 1.82) is 0 Å². The number of carbonyl (C=O) groups excluding carboxylic acids is 2. The van der Waals surface area contributed by atoms with Gasteiger partial charge >= 0.3 is 0 Å². The Balaban J connectivity index is 1.41. The van der Waals surface area contributed by atoms with E-state index in [0.29, 0.717) is 32.4 Å². The number of methoxy groups -OCH3 is 1. The van der Waals surface area contributed by atoms with Gasteiger partial charge in [-0.1, -0.05) is 18.2 Å². The molecule has 2 amide bonds. The standard InChI is InChI=1S/C22H26N2O4/c1-24(13-14-28-19-10-8-18(27-2)9-11-19)21(25)12-7-17-15-16-5-3-4-6-20(16)23-22(17)26/h3-6,8-11,17H,7,12-15H2,1-2H3,(H,23,26). The van der Waals surface area contributed by atoms with E-state index in [-0.39, 0.29) is 17.7 Å². The average Bonchev–Trinajstić information content (AvgIpc) is 2.72. The lowest BCUT2D eigenvalue weighted by atomic mass is 9.89. The molecular weight excluding hydrogens is 356 g/mol. The third-order valence-corrected chi connectivity index (χ3v) is 5.00. The van der Waals surface area contributed by atoms with E-state index in [1.54, 1.807) is 19.1 Å². The molecule has 3 rings (SSSR count). The summed E-state index contributed by atoms with van der Waals surface area (Å²) in [4.78, 5) is 26.3. The van der Waals surface area contributed by atoms with Crippen LogP contribution < -0.4 is 14.8 Å². The van der Waals surface area contributed by atoms with E-state index in [0.717, 1.165) is 22.7 Å². The number of hydrogen-bond donors (Lipinski definition) is 1. The monoisotopic (exact) mass is 382 g/mol. The topological polar surface area (TPSA) is 67.9 Å². The molecule has 0 radical (unpaired) electrons. The SMILES string of the molecule is COc1ccc(OCCN(C)C(=O)CCC2Cc3ccccc3NC2=O)cc1. The third kappa shape index (κ3) is 5.03. The van der Waals surface area contributed by atoms with E-state index in [1.807, 2.05) is 48.5 Å². The second-order valence-electron chi connectivity index (χ2n) is 6.93. The number of hydrogen-bond acceptors (Lipinski definition) is 4. The number of anilines is 1. The predicted octanol–water partition coefficient (Wildman–Crippen LogP) is 3.12. The van der Waals surface area contributed by atoms with E-state index < -0.39 is 0 Å². The maximum Gasteiger partial charge on any atom is 0.227 e. The summed E-state index contributed by atoms with van der Waals surface area (Å²) in [7, 11) is 3.38. The van der Waals surface area contributed by atoms with Crippen LogP contribution in [0.3, 0.4) is 0 Å². The third-order valence-electron chi connectivity index (χ3n) is 5.00. The summed E-state index contributed by atoms with van der Waals surface area (Å²) in [6.45, 7) is 0.899. The molecule has 0 aliphatic carbocycles. The molecule has 1 atom stereocenters. The number of nitrogens with zero attached hydrogens (tertiary/aromatic N) is 1. The molecule has 0 fully saturated rings. The van der Waals surface area contributed by atoms with Gasteiger partial charge in [0, 0.05) is 25.1 Å². The minimum atomic E-state index is -0.164. The van der Waals surface area contributed by atoms with Crippen LogP contribution in [0.15, 0.2) is 48.5 Å². The Morgan fingerprint density at radius 3 is 2.61 bits per heavy atom. The second-order valence-corrected chi connectivity index (χ2v) is 6.93. The Morgan fingerprint density at radius 1 is 1.14 bits per heavy atom. The molecule has 0 bridgehead atoms. The highest BCUT2D eigenvalue weighted by molar-refractivity contribution is 5.96. The van der Waals surface area contributed by atoms with Crippen molar-refractivity contribution in [1.82, 2.24) is 4.90 Å². The van der Waals surface area contributed by atoms with E-state index in [1.165, 1.54) is 0 Å². The first-order valence-corrected chi connectivity index (χ1v) is 9.46. The maximum absolute atomic E-state index is 12.4. The lowest BCUT2D eigenvalue weighted by Crippen LogP contribution is -2.33. The van der Waals surface area contributed by atoms with Gasteiger partial charge in [-0.05, 0) is 48.7 Å². The second kappa shape index (κ2) is 9.26. The first-order chi connectivity index (χ1) is 13.6. The Labute approximate surface area is 165 Å². The van der Waals surface area contributed by atoms with Crippen molar-refractivity contribution >= 4 is 17.5 Å². The molecule has 6 heteroatoms. The van der Waals surface area contributed by atoms with Gasteiger partial charge in [0.2, 0.25) is 11.8 Å². The summed E-state index contributed by atoms with van der Waals surface area (Å²) < 4.78 is 10.8. The van der Waals surface area contributed by atoms with Crippen LogP contribution in [-0.2, 0) is 16.0 Å². The van der Waals surface area contributed by atoms with E-state index in [9.17, 15) is 9.59 Å². The highest BCUT2D eigenvalue weighted by atomic mass is 16.5. The summed E-state index contributed by atoms with van der Waals surface area (Å²) in [6.07, 6.45) is 1.57. The zero-order valence-corrected chi connectivity index (χ0v) is 16.3. The van der Waals surface area contributed by atoms with Crippen LogP contribution in [0.4, 0.5) is 5.69 Å². The molecule has 28 heavy (non-hydrogen) atoms. The van der Waals surface area contributed by atoms with Gasteiger partial charge in [-0.3, -0.25) is 9.59 Å². The molecule has 6 nitrogen and oxygen atoms in total. The fourth-order valence-corrected chi connectivity index (χ4v) is 3.23. The number of carbonyl (C=O) groups is 2. The fraction of sp³-hybridized carbons (Fsp3) is 0.364. The smallest absolute Gasteiger partial charge is 0.227 e. The van der Waals surface area contributed by atoms with Crippen LogP contribution in [0.5, 0.6) is 11.5 Å². The summed E-state index contributed by atoms with van der Waals surface area (Å²) in [5, 5.41) is 2.93. The Bertz CT molecular complexity index is 820. The van der Waals surface area contributed by atoms with Crippen molar-refractivity contribution in [3.63, 3.8) is 0 Å². The molecular formula is C22H26N2O4. The molecule has 2 aromatic rings. The van der Waals surface area contributed by atoms with Gasteiger partial charge in [-0.15, -0.1) is 0 Å². The number of benzene rings is 2. The molecule has 1 aliphatic heterocycles. The molecule has 1 heterocycles. The largest absolute Gasteiger partial charge is 0.497 e. The molecule has 1 N–H and O–H groups in total. The van der Waals surface area contributed by atoms with Crippen molar-refractivity contribution < 1.29 is 19.1 Å². The van der Waals surface area contributed by atoms with Crippen LogP contribution in [0, 0.1) is 5.92 Å². The van der Waals surface area contributed by atoms with E-state index >= 15 is 0 Å². The quantitative estimate of drug-likeness (QED) is 0.762. The minimum Gasteiger partial charge on any atom is -0.497 e. The number of likely N-dealkylation sites (N-methyl/N-ethyl adjacent to an activating group) is 1. The summed E-state index contributed by atoms with van der Waals surface area (Å²) in [6, 6.07) is 15.1. The zero-order chi connectivity index (χ0) is 19.9. The normalized spacial score (nSPS) is 15.4. The van der Waals surface area contributed by atoms with Crippen LogP contribution in [-0.4, -0.2) is 44.0 Å². The molecule has 1 unspecified atom stereocenters. The number of fused-ring (bicyclic) bond motifs is 1. The molecule has 148 valence electrons. The number of nitrogens with one attached hydrogen (secondary N) is 1. The Morgan fingerprint density at radius 2 is 1.86 bits per heavy atom. The lowest BCUT2D eigenvalue weighted by molar-refractivity contribution is -0.130. The lowest BCUT2D eigenvalue weighted by Gasteiger charge is -2.25. The van der Waals surface area contributed by atoms with Gasteiger partial charge in [-0.25, -0.2) is 0 Å². The van der Waals surface area contributed by atoms with Crippen molar-refractivity contribution in [3.05, 3.63) is 54.1 Å². The van der Waals surface area contributed by atoms with Gasteiger partial charge in [0.05, 0.1) is 13.7 Å². The van der Waals surface area contributed by atoms with Gasteiger partial charge in [0.25, 0.3) is 0 Å². The minimum absolute atomic E-state index is 0.00279. The predicted molar refractivity (Wildman–Crippen MR) is 108 cm³/mol. The molecule has 0 spiro atoms. The molecule has 2 aromatic carbocycles. The van der Waals surface area contributed by atoms with Gasteiger partial charge in [0.15, 0.2) is 0 Å². The Kier molecular flexibility index (Phi) is 6.53. The van der Waals surface area contributed by atoms with Crippen molar-refractivity contribution in [2.45, 2.75) is 19.3 Å². The number of rotatable bonds is 8. The molecule has 1 aliphatic rings. The first-order valence-electron chi connectivity index (χ1n) is 9.46. The zero-order valence-electron chi connectivity index (χ0n) is 16.3. The van der Waals surface area contributed by atoms with E-state index in [2.05, 4.69) is 5.32 Å².